The van der Waals surface area contributed by atoms with Crippen LogP contribution in [0.1, 0.15) is 16.1 Å². The molecule has 3 rings (SSSR count). The van der Waals surface area contributed by atoms with Gasteiger partial charge < -0.3 is 11.1 Å². The van der Waals surface area contributed by atoms with E-state index in [4.69, 9.17) is 17.3 Å². The number of amides is 1. The fourth-order valence-electron chi connectivity index (χ4n) is 2.13. The Labute approximate surface area is 146 Å². The lowest BCUT2D eigenvalue weighted by Gasteiger charge is -2.06. The highest BCUT2D eigenvalue weighted by molar-refractivity contribution is 6.31. The van der Waals surface area contributed by atoms with E-state index in [-0.39, 0.29) is 23.1 Å². The van der Waals surface area contributed by atoms with E-state index in [0.29, 0.717) is 11.3 Å². The van der Waals surface area contributed by atoms with E-state index in [1.165, 1.54) is 47.1 Å². The van der Waals surface area contributed by atoms with Gasteiger partial charge in [0.15, 0.2) is 11.5 Å². The van der Waals surface area contributed by atoms with Gasteiger partial charge in [0.2, 0.25) is 0 Å². The number of benzene rings is 2. The lowest BCUT2D eigenvalue weighted by Crippen LogP contribution is -2.15. The minimum atomic E-state index is -0.583. The number of aromatic nitrogens is 3. The summed E-state index contributed by atoms with van der Waals surface area (Å²) in [4.78, 5) is 12.2. The van der Waals surface area contributed by atoms with Crippen molar-refractivity contribution in [2.75, 3.05) is 11.1 Å². The normalized spacial score (nSPS) is 10.7. The summed E-state index contributed by atoms with van der Waals surface area (Å²) >= 11 is 5.97. The first kappa shape index (κ1) is 16.8. The highest BCUT2D eigenvalue weighted by Gasteiger charge is 2.18. The van der Waals surface area contributed by atoms with Crippen molar-refractivity contribution in [1.29, 1.82) is 0 Å². The fraction of sp³-hybridized carbons (Fsp3) is 0.0625. The molecule has 1 heterocycles. The van der Waals surface area contributed by atoms with Gasteiger partial charge in [-0.3, -0.25) is 4.79 Å². The van der Waals surface area contributed by atoms with Gasteiger partial charge in [0, 0.05) is 10.7 Å². The third-order valence-electron chi connectivity index (χ3n) is 3.43. The maximum atomic E-state index is 13.1. The molecule has 3 aromatic rings. The van der Waals surface area contributed by atoms with Crippen LogP contribution in [-0.2, 0) is 6.54 Å². The van der Waals surface area contributed by atoms with Crippen LogP contribution in [0.5, 0.6) is 0 Å². The van der Waals surface area contributed by atoms with Crippen LogP contribution in [-0.4, -0.2) is 20.9 Å². The van der Waals surface area contributed by atoms with Gasteiger partial charge >= 0.3 is 0 Å². The van der Waals surface area contributed by atoms with E-state index < -0.39 is 17.5 Å². The Hall–Kier alpha value is -3.00. The summed E-state index contributed by atoms with van der Waals surface area (Å²) in [5.74, 6) is -1.43. The molecule has 0 saturated heterocycles. The SMILES string of the molecule is Nc1c(C(=O)Nc2ccc(F)cc2)nnn1Cc1ccc(F)cc1Cl. The van der Waals surface area contributed by atoms with Gasteiger partial charge in [-0.2, -0.15) is 0 Å². The number of carbonyl (C=O) groups excluding carboxylic acids is 1. The quantitative estimate of drug-likeness (QED) is 0.745. The highest BCUT2D eigenvalue weighted by Crippen LogP contribution is 2.20. The van der Waals surface area contributed by atoms with Gasteiger partial charge in [0.25, 0.3) is 5.91 Å². The number of nitrogen functional groups attached to an aromatic ring is 1. The molecule has 0 aliphatic rings. The van der Waals surface area contributed by atoms with Gasteiger partial charge in [-0.15, -0.1) is 5.10 Å². The molecule has 25 heavy (non-hydrogen) atoms. The molecule has 9 heteroatoms. The van der Waals surface area contributed by atoms with Crippen molar-refractivity contribution < 1.29 is 13.6 Å². The Morgan fingerprint density at radius 3 is 2.52 bits per heavy atom. The van der Waals surface area contributed by atoms with E-state index in [1.807, 2.05) is 0 Å². The Balaban J connectivity index is 1.78. The number of nitrogens with zero attached hydrogens (tertiary/aromatic N) is 3. The number of nitrogens with one attached hydrogen (secondary N) is 1. The summed E-state index contributed by atoms with van der Waals surface area (Å²) in [5, 5.41) is 10.3. The largest absolute Gasteiger partial charge is 0.382 e. The minimum Gasteiger partial charge on any atom is -0.382 e. The first-order chi connectivity index (χ1) is 11.9. The van der Waals surface area contributed by atoms with Gasteiger partial charge in [-0.25, -0.2) is 13.5 Å². The molecular formula is C16H12ClF2N5O. The van der Waals surface area contributed by atoms with Crippen LogP contribution in [0.15, 0.2) is 42.5 Å². The molecule has 3 N–H and O–H groups in total. The second-order valence-corrected chi connectivity index (χ2v) is 5.58. The zero-order chi connectivity index (χ0) is 18.0. The number of hydrogen-bond acceptors (Lipinski definition) is 4. The van der Waals surface area contributed by atoms with Crippen molar-refractivity contribution in [2.45, 2.75) is 6.54 Å². The molecule has 1 amide bonds. The molecule has 0 bridgehead atoms. The number of hydrogen-bond donors (Lipinski definition) is 2. The number of nitrogens with two attached hydrogens (primary N) is 1. The molecule has 1 aromatic heterocycles. The van der Waals surface area contributed by atoms with Gasteiger partial charge in [0.1, 0.15) is 11.6 Å². The van der Waals surface area contributed by atoms with Crippen molar-refractivity contribution in [3.8, 4) is 0 Å². The zero-order valence-electron chi connectivity index (χ0n) is 12.7. The van der Waals surface area contributed by atoms with E-state index in [2.05, 4.69) is 15.6 Å². The molecule has 0 aliphatic heterocycles. The van der Waals surface area contributed by atoms with Crippen molar-refractivity contribution in [3.05, 3.63) is 70.4 Å². The van der Waals surface area contributed by atoms with Crippen molar-refractivity contribution >= 4 is 29.0 Å². The molecule has 0 radical (unpaired) electrons. The maximum Gasteiger partial charge on any atom is 0.280 e. The lowest BCUT2D eigenvalue weighted by atomic mass is 10.2. The van der Waals surface area contributed by atoms with Crippen LogP contribution in [0.25, 0.3) is 0 Å². The minimum absolute atomic E-state index is 0.0278. The molecule has 0 spiro atoms. The van der Waals surface area contributed by atoms with E-state index in [1.54, 1.807) is 0 Å². The summed E-state index contributed by atoms with van der Waals surface area (Å²) in [6.07, 6.45) is 0. The smallest absolute Gasteiger partial charge is 0.280 e. The van der Waals surface area contributed by atoms with Gasteiger partial charge in [0.05, 0.1) is 6.54 Å². The summed E-state index contributed by atoms with van der Waals surface area (Å²) in [6, 6.07) is 9.18. The van der Waals surface area contributed by atoms with Crippen LogP contribution in [0.2, 0.25) is 5.02 Å². The Morgan fingerprint density at radius 1 is 1.16 bits per heavy atom. The molecule has 0 unspecified atom stereocenters. The topological polar surface area (TPSA) is 85.8 Å². The standard InChI is InChI=1S/C16H12ClF2N5O/c17-13-7-11(19)2-1-9(13)8-24-15(20)14(22-23-24)16(25)21-12-5-3-10(18)4-6-12/h1-7H,8,20H2,(H,21,25). The predicted molar refractivity (Wildman–Crippen MR) is 89.3 cm³/mol. The second kappa shape index (κ2) is 6.86. The Morgan fingerprint density at radius 2 is 1.84 bits per heavy atom. The molecule has 0 saturated carbocycles. The molecule has 0 fully saturated rings. The third-order valence-corrected chi connectivity index (χ3v) is 3.78. The molecule has 6 nitrogen and oxygen atoms in total. The van der Waals surface area contributed by atoms with E-state index >= 15 is 0 Å². The average Bonchev–Trinajstić information content (AvgIpc) is 2.93. The second-order valence-electron chi connectivity index (χ2n) is 5.18. The predicted octanol–water partition coefficient (Wildman–Crippen LogP) is 3.09. The maximum absolute atomic E-state index is 13.1. The summed E-state index contributed by atoms with van der Waals surface area (Å²) in [7, 11) is 0. The Kier molecular flexibility index (Phi) is 4.62. The summed E-state index contributed by atoms with van der Waals surface area (Å²) in [6.45, 7) is 0.127. The summed E-state index contributed by atoms with van der Waals surface area (Å²) in [5.41, 5.74) is 6.79. The monoisotopic (exact) mass is 363 g/mol. The van der Waals surface area contributed by atoms with Crippen LogP contribution in [0, 0.1) is 11.6 Å². The molecule has 0 aliphatic carbocycles. The average molecular weight is 364 g/mol. The van der Waals surface area contributed by atoms with Gasteiger partial charge in [-0.1, -0.05) is 22.9 Å². The molecule has 0 atom stereocenters. The molecular weight excluding hydrogens is 352 g/mol. The highest BCUT2D eigenvalue weighted by atomic mass is 35.5. The Bertz CT molecular complexity index is 927. The van der Waals surface area contributed by atoms with E-state index in [9.17, 15) is 13.6 Å². The third kappa shape index (κ3) is 3.74. The van der Waals surface area contributed by atoms with E-state index in [0.717, 1.165) is 0 Å². The molecule has 128 valence electrons. The number of rotatable bonds is 4. The number of halogens is 3. The zero-order valence-corrected chi connectivity index (χ0v) is 13.5. The number of anilines is 2. The van der Waals surface area contributed by atoms with Crippen molar-refractivity contribution in [2.24, 2.45) is 0 Å². The first-order valence-electron chi connectivity index (χ1n) is 7.14. The van der Waals surface area contributed by atoms with Crippen molar-refractivity contribution in [1.82, 2.24) is 15.0 Å². The van der Waals surface area contributed by atoms with Crippen LogP contribution in [0.3, 0.4) is 0 Å². The number of carbonyl (C=O) groups is 1. The van der Waals surface area contributed by atoms with Crippen LogP contribution < -0.4 is 11.1 Å². The molecule has 2 aromatic carbocycles. The van der Waals surface area contributed by atoms with Crippen molar-refractivity contribution in [3.63, 3.8) is 0 Å². The van der Waals surface area contributed by atoms with Gasteiger partial charge in [-0.05, 0) is 42.0 Å². The summed E-state index contributed by atoms with van der Waals surface area (Å²) < 4.78 is 27.3. The van der Waals surface area contributed by atoms with Crippen LogP contribution >= 0.6 is 11.6 Å². The lowest BCUT2D eigenvalue weighted by molar-refractivity contribution is 0.102. The first-order valence-corrected chi connectivity index (χ1v) is 7.51. The van der Waals surface area contributed by atoms with Crippen LogP contribution in [0.4, 0.5) is 20.3 Å². The fourth-order valence-corrected chi connectivity index (χ4v) is 2.36.